The van der Waals surface area contributed by atoms with Crippen molar-refractivity contribution in [2.45, 2.75) is 6.92 Å². The van der Waals surface area contributed by atoms with Crippen molar-refractivity contribution in [3.05, 3.63) is 60.7 Å². The number of nitrogens with zero attached hydrogens (tertiary/aromatic N) is 4. The minimum absolute atomic E-state index is 0.367. The Balaban J connectivity index is 1.62. The van der Waals surface area contributed by atoms with E-state index in [0.29, 0.717) is 17.5 Å². The third-order valence-electron chi connectivity index (χ3n) is 4.13. The molecule has 1 aromatic carbocycles. The van der Waals surface area contributed by atoms with Crippen LogP contribution in [0, 0.1) is 6.92 Å². The van der Waals surface area contributed by atoms with Crippen LogP contribution in [0.3, 0.4) is 0 Å². The minimum atomic E-state index is 0.367. The predicted octanol–water partition coefficient (Wildman–Crippen LogP) is 4.11. The van der Waals surface area contributed by atoms with Gasteiger partial charge in [0.25, 0.3) is 5.89 Å². The fourth-order valence-electron chi connectivity index (χ4n) is 2.87. The van der Waals surface area contributed by atoms with Crippen LogP contribution in [0.1, 0.15) is 5.69 Å². The summed E-state index contributed by atoms with van der Waals surface area (Å²) in [5, 5.41) is 9.31. The Morgan fingerprint density at radius 1 is 0.958 bits per heavy atom. The maximum Gasteiger partial charge on any atom is 0.283 e. The summed E-state index contributed by atoms with van der Waals surface area (Å²) in [6.45, 7) is 2.00. The quantitative estimate of drug-likeness (QED) is 0.490. The van der Waals surface area contributed by atoms with Gasteiger partial charge in [0, 0.05) is 11.1 Å². The van der Waals surface area contributed by atoms with Crippen molar-refractivity contribution in [2.75, 3.05) is 0 Å². The van der Waals surface area contributed by atoms with Crippen LogP contribution in [0.15, 0.2) is 63.8 Å². The molecule has 0 spiro atoms. The maximum absolute atomic E-state index is 5.84. The lowest BCUT2D eigenvalue weighted by Gasteiger charge is -2.04. The van der Waals surface area contributed by atoms with Crippen LogP contribution >= 0.6 is 0 Å². The average molecular weight is 316 g/mol. The molecule has 5 aromatic rings. The molecule has 0 saturated heterocycles. The summed E-state index contributed by atoms with van der Waals surface area (Å²) < 4.78 is 13.6. The van der Waals surface area contributed by atoms with Crippen LogP contribution < -0.4 is 0 Å². The predicted molar refractivity (Wildman–Crippen MR) is 88.4 cm³/mol. The number of aromatic nitrogens is 4. The Hall–Kier alpha value is -3.41. The number of benzene rings is 1. The van der Waals surface area contributed by atoms with E-state index in [1.165, 1.54) is 0 Å². The molecule has 0 amide bonds. The lowest BCUT2D eigenvalue weighted by molar-refractivity contribution is 0.541. The zero-order valence-electron chi connectivity index (χ0n) is 12.8. The van der Waals surface area contributed by atoms with Crippen LogP contribution in [0.4, 0.5) is 0 Å². The lowest BCUT2D eigenvalue weighted by Crippen LogP contribution is -1.93. The van der Waals surface area contributed by atoms with Gasteiger partial charge in [-0.1, -0.05) is 18.2 Å². The first-order valence-corrected chi connectivity index (χ1v) is 7.54. The van der Waals surface area contributed by atoms with Gasteiger partial charge >= 0.3 is 0 Å². The second-order valence-electron chi connectivity index (χ2n) is 5.58. The van der Waals surface area contributed by atoms with E-state index in [1.54, 1.807) is 6.33 Å². The SMILES string of the molecule is Cc1c(-c2nnc(-c3cc4ccccc4o3)o2)ccc2cncn12. The van der Waals surface area contributed by atoms with E-state index in [4.69, 9.17) is 8.83 Å². The molecule has 0 radical (unpaired) electrons. The van der Waals surface area contributed by atoms with Gasteiger partial charge in [-0.2, -0.15) is 0 Å². The van der Waals surface area contributed by atoms with Crippen LogP contribution in [0.5, 0.6) is 0 Å². The van der Waals surface area contributed by atoms with Crippen molar-refractivity contribution >= 4 is 16.5 Å². The first-order valence-electron chi connectivity index (χ1n) is 7.54. The summed E-state index contributed by atoms with van der Waals surface area (Å²) in [6, 6.07) is 13.6. The number of furan rings is 1. The number of imidazole rings is 1. The Morgan fingerprint density at radius 3 is 2.75 bits per heavy atom. The molecule has 0 aliphatic carbocycles. The molecule has 0 fully saturated rings. The van der Waals surface area contributed by atoms with Gasteiger partial charge in [-0.15, -0.1) is 10.2 Å². The number of para-hydroxylation sites is 1. The second-order valence-corrected chi connectivity index (χ2v) is 5.58. The van der Waals surface area contributed by atoms with E-state index in [-0.39, 0.29) is 0 Å². The Bertz CT molecular complexity index is 1150. The molecule has 0 saturated carbocycles. The van der Waals surface area contributed by atoms with Gasteiger partial charge in [0.05, 0.1) is 23.6 Å². The van der Waals surface area contributed by atoms with Crippen molar-refractivity contribution in [1.29, 1.82) is 0 Å². The summed E-state index contributed by atoms with van der Waals surface area (Å²) in [7, 11) is 0. The van der Waals surface area contributed by atoms with Crippen LogP contribution in [0.25, 0.3) is 39.6 Å². The zero-order chi connectivity index (χ0) is 16.1. The van der Waals surface area contributed by atoms with E-state index < -0.39 is 0 Å². The molecule has 0 bridgehead atoms. The highest BCUT2D eigenvalue weighted by molar-refractivity contribution is 5.81. The standard InChI is InChI=1S/C18H12N4O2/c1-11-14(7-6-13-9-19-10-22(11)13)17-20-21-18(24-17)16-8-12-4-2-3-5-15(12)23-16/h2-10H,1H3. The van der Waals surface area contributed by atoms with Gasteiger partial charge < -0.3 is 13.2 Å². The fraction of sp³-hybridized carbons (Fsp3) is 0.0556. The molecule has 24 heavy (non-hydrogen) atoms. The van der Waals surface area contributed by atoms with E-state index in [2.05, 4.69) is 15.2 Å². The van der Waals surface area contributed by atoms with Crippen molar-refractivity contribution in [1.82, 2.24) is 19.6 Å². The molecule has 0 N–H and O–H groups in total. The van der Waals surface area contributed by atoms with E-state index in [0.717, 1.165) is 27.7 Å². The number of pyridine rings is 1. The average Bonchev–Trinajstić information content (AvgIpc) is 3.33. The van der Waals surface area contributed by atoms with E-state index in [9.17, 15) is 0 Å². The summed E-state index contributed by atoms with van der Waals surface area (Å²) in [4.78, 5) is 4.16. The van der Waals surface area contributed by atoms with Crippen LogP contribution in [-0.2, 0) is 0 Å². The van der Waals surface area contributed by atoms with Gasteiger partial charge in [-0.25, -0.2) is 4.98 Å². The molecule has 6 heteroatoms. The molecule has 6 nitrogen and oxygen atoms in total. The number of aryl methyl sites for hydroxylation is 1. The van der Waals surface area contributed by atoms with Crippen molar-refractivity contribution in [2.24, 2.45) is 0 Å². The Kier molecular flexibility index (Phi) is 2.61. The summed E-state index contributed by atoms with van der Waals surface area (Å²) in [5.74, 6) is 1.39. The molecule has 0 unspecified atom stereocenters. The van der Waals surface area contributed by atoms with Crippen molar-refractivity contribution in [3.63, 3.8) is 0 Å². The highest BCUT2D eigenvalue weighted by atomic mass is 16.4. The van der Waals surface area contributed by atoms with Gasteiger partial charge in [-0.05, 0) is 31.2 Å². The lowest BCUT2D eigenvalue weighted by atomic mass is 10.2. The van der Waals surface area contributed by atoms with Crippen molar-refractivity contribution in [3.8, 4) is 23.1 Å². The highest BCUT2D eigenvalue weighted by Gasteiger charge is 2.16. The van der Waals surface area contributed by atoms with Crippen LogP contribution in [0.2, 0.25) is 0 Å². The normalized spacial score (nSPS) is 11.5. The Morgan fingerprint density at radius 2 is 1.83 bits per heavy atom. The van der Waals surface area contributed by atoms with E-state index >= 15 is 0 Å². The summed E-state index contributed by atoms with van der Waals surface area (Å²) in [5.41, 5.74) is 3.68. The molecule has 0 atom stereocenters. The molecule has 0 aliphatic heterocycles. The molecular weight excluding hydrogens is 304 g/mol. The maximum atomic E-state index is 5.84. The molecule has 116 valence electrons. The number of hydrogen-bond acceptors (Lipinski definition) is 5. The summed E-state index contributed by atoms with van der Waals surface area (Å²) >= 11 is 0. The largest absolute Gasteiger partial charge is 0.451 e. The molecular formula is C18H12N4O2. The van der Waals surface area contributed by atoms with Crippen LogP contribution in [-0.4, -0.2) is 19.6 Å². The topological polar surface area (TPSA) is 69.4 Å². The number of fused-ring (bicyclic) bond motifs is 2. The smallest absolute Gasteiger partial charge is 0.283 e. The molecule has 0 aliphatic rings. The molecule has 4 aromatic heterocycles. The number of hydrogen-bond donors (Lipinski definition) is 0. The minimum Gasteiger partial charge on any atom is -0.451 e. The monoisotopic (exact) mass is 316 g/mol. The third kappa shape index (κ3) is 1.86. The Labute approximate surface area is 136 Å². The molecule has 5 rings (SSSR count). The fourth-order valence-corrected chi connectivity index (χ4v) is 2.87. The van der Waals surface area contributed by atoms with Gasteiger partial charge in [-0.3, -0.25) is 0 Å². The first-order chi connectivity index (χ1) is 11.8. The molecule has 4 heterocycles. The zero-order valence-corrected chi connectivity index (χ0v) is 12.8. The van der Waals surface area contributed by atoms with Gasteiger partial charge in [0.2, 0.25) is 5.89 Å². The van der Waals surface area contributed by atoms with Crippen molar-refractivity contribution < 1.29 is 8.83 Å². The van der Waals surface area contributed by atoms with E-state index in [1.807, 2.05) is 60.0 Å². The first kappa shape index (κ1) is 13.1. The second kappa shape index (κ2) is 4.79. The van der Waals surface area contributed by atoms with Gasteiger partial charge in [0.15, 0.2) is 5.76 Å². The third-order valence-corrected chi connectivity index (χ3v) is 4.13. The van der Waals surface area contributed by atoms with Gasteiger partial charge in [0.1, 0.15) is 5.58 Å². The number of rotatable bonds is 2. The highest BCUT2D eigenvalue weighted by Crippen LogP contribution is 2.30. The summed E-state index contributed by atoms with van der Waals surface area (Å²) in [6.07, 6.45) is 3.58.